The van der Waals surface area contributed by atoms with Gasteiger partial charge in [0.2, 0.25) is 0 Å². The molecule has 2 unspecified atom stereocenters. The molecule has 0 bridgehead atoms. The van der Waals surface area contributed by atoms with Crippen LogP contribution in [0.25, 0.3) is 0 Å². The number of carbonyl (C=O) groups is 4. The lowest BCUT2D eigenvalue weighted by atomic mass is 9.92. The highest BCUT2D eigenvalue weighted by molar-refractivity contribution is 6.06. The first-order chi connectivity index (χ1) is 11.6. The van der Waals surface area contributed by atoms with Crippen molar-refractivity contribution in [3.05, 3.63) is 0 Å². The quantitative estimate of drug-likeness (QED) is 0.581. The van der Waals surface area contributed by atoms with E-state index < -0.39 is 17.5 Å². The number of hydrogen-bond acceptors (Lipinski definition) is 5. The Morgan fingerprint density at radius 1 is 1.20 bits per heavy atom. The third-order valence-corrected chi connectivity index (χ3v) is 4.56. The van der Waals surface area contributed by atoms with Gasteiger partial charge in [-0.25, -0.2) is 4.79 Å². The Morgan fingerprint density at radius 3 is 2.32 bits per heavy atom. The van der Waals surface area contributed by atoms with E-state index in [4.69, 9.17) is 4.74 Å². The standard InChI is InChI=1S/C17H27N3O5/c1-11-7-12(2)9-19(8-11)13(21)10-25-14(22)5-6-20-15(23)17(3,4)18-16(20)24/h11-12H,5-10H2,1-4H3,(H,18,24). The predicted octanol–water partition coefficient (Wildman–Crippen LogP) is 0.755. The highest BCUT2D eigenvalue weighted by Gasteiger charge is 2.44. The smallest absolute Gasteiger partial charge is 0.325 e. The molecular weight excluding hydrogens is 326 g/mol. The summed E-state index contributed by atoms with van der Waals surface area (Å²) in [5.41, 5.74) is -0.960. The van der Waals surface area contributed by atoms with E-state index in [1.54, 1.807) is 18.7 Å². The Kier molecular flexibility index (Phi) is 5.69. The molecule has 140 valence electrons. The van der Waals surface area contributed by atoms with Crippen LogP contribution in [0.3, 0.4) is 0 Å². The van der Waals surface area contributed by atoms with Gasteiger partial charge >= 0.3 is 12.0 Å². The van der Waals surface area contributed by atoms with Crippen LogP contribution < -0.4 is 5.32 Å². The highest BCUT2D eigenvalue weighted by atomic mass is 16.5. The molecule has 4 amide bonds. The van der Waals surface area contributed by atoms with Gasteiger partial charge in [-0.2, -0.15) is 0 Å². The zero-order valence-corrected chi connectivity index (χ0v) is 15.3. The number of carbonyl (C=O) groups excluding carboxylic acids is 4. The first kappa shape index (κ1) is 19.2. The summed E-state index contributed by atoms with van der Waals surface area (Å²) in [7, 11) is 0. The van der Waals surface area contributed by atoms with Crippen LogP contribution in [0.5, 0.6) is 0 Å². The molecule has 2 rings (SSSR count). The van der Waals surface area contributed by atoms with Gasteiger partial charge in [-0.15, -0.1) is 0 Å². The van der Waals surface area contributed by atoms with Crippen LogP contribution >= 0.6 is 0 Å². The van der Waals surface area contributed by atoms with Crippen LogP contribution in [0.15, 0.2) is 0 Å². The summed E-state index contributed by atoms with van der Waals surface area (Å²) in [5, 5.41) is 2.54. The molecule has 0 aromatic rings. The van der Waals surface area contributed by atoms with Crippen molar-refractivity contribution >= 4 is 23.8 Å². The molecule has 2 heterocycles. The zero-order valence-electron chi connectivity index (χ0n) is 15.3. The Balaban J connectivity index is 1.75. The van der Waals surface area contributed by atoms with E-state index in [1.165, 1.54) is 0 Å². The lowest BCUT2D eigenvalue weighted by molar-refractivity contribution is -0.153. The molecule has 2 aliphatic rings. The monoisotopic (exact) mass is 353 g/mol. The number of piperidine rings is 1. The number of amides is 4. The minimum Gasteiger partial charge on any atom is -0.456 e. The predicted molar refractivity (Wildman–Crippen MR) is 89.4 cm³/mol. The van der Waals surface area contributed by atoms with Gasteiger partial charge in [0.15, 0.2) is 6.61 Å². The van der Waals surface area contributed by atoms with Crippen molar-refractivity contribution in [1.29, 1.82) is 0 Å². The largest absolute Gasteiger partial charge is 0.456 e. The number of nitrogens with one attached hydrogen (secondary N) is 1. The third kappa shape index (κ3) is 4.70. The molecule has 0 aromatic heterocycles. The lowest BCUT2D eigenvalue weighted by Crippen LogP contribution is -2.44. The molecule has 2 aliphatic heterocycles. The molecule has 2 saturated heterocycles. The van der Waals surface area contributed by atoms with Crippen molar-refractivity contribution < 1.29 is 23.9 Å². The zero-order chi connectivity index (χ0) is 18.8. The summed E-state index contributed by atoms with van der Waals surface area (Å²) < 4.78 is 5.01. The van der Waals surface area contributed by atoms with Crippen LogP contribution in [0.4, 0.5) is 4.79 Å². The molecule has 0 aliphatic carbocycles. The summed E-state index contributed by atoms with van der Waals surface area (Å²) in [4.78, 5) is 50.5. The molecule has 0 radical (unpaired) electrons. The van der Waals surface area contributed by atoms with Crippen LogP contribution in [0.2, 0.25) is 0 Å². The van der Waals surface area contributed by atoms with Crippen molar-refractivity contribution in [1.82, 2.24) is 15.1 Å². The average Bonchev–Trinajstić information content (AvgIpc) is 2.70. The van der Waals surface area contributed by atoms with Gasteiger partial charge < -0.3 is 15.0 Å². The number of likely N-dealkylation sites (tertiary alicyclic amines) is 1. The van der Waals surface area contributed by atoms with Crippen molar-refractivity contribution in [2.24, 2.45) is 11.8 Å². The molecule has 1 N–H and O–H groups in total. The fourth-order valence-corrected chi connectivity index (χ4v) is 3.40. The highest BCUT2D eigenvalue weighted by Crippen LogP contribution is 2.21. The molecule has 0 saturated carbocycles. The fourth-order valence-electron chi connectivity index (χ4n) is 3.40. The summed E-state index contributed by atoms with van der Waals surface area (Å²) >= 11 is 0. The van der Waals surface area contributed by atoms with Crippen molar-refractivity contribution in [2.75, 3.05) is 26.2 Å². The number of hydrogen-bond donors (Lipinski definition) is 1. The van der Waals surface area contributed by atoms with Gasteiger partial charge in [-0.05, 0) is 32.1 Å². The summed E-state index contributed by atoms with van der Waals surface area (Å²) in [6, 6.07) is -0.518. The average molecular weight is 353 g/mol. The van der Waals surface area contributed by atoms with Crippen molar-refractivity contribution in [2.45, 2.75) is 46.1 Å². The van der Waals surface area contributed by atoms with Gasteiger partial charge in [0.25, 0.3) is 11.8 Å². The molecule has 25 heavy (non-hydrogen) atoms. The van der Waals surface area contributed by atoms with Crippen LogP contribution in [0.1, 0.15) is 40.5 Å². The van der Waals surface area contributed by atoms with Gasteiger partial charge in [0, 0.05) is 19.6 Å². The number of esters is 1. The van der Waals surface area contributed by atoms with Crippen LogP contribution in [-0.4, -0.2) is 65.4 Å². The minimum atomic E-state index is -0.960. The maximum absolute atomic E-state index is 12.2. The molecule has 8 heteroatoms. The molecule has 2 atom stereocenters. The van der Waals surface area contributed by atoms with Crippen LogP contribution in [0, 0.1) is 11.8 Å². The molecule has 0 spiro atoms. The Hall–Kier alpha value is -2.12. The second-order valence-corrected chi connectivity index (χ2v) is 7.67. The van der Waals surface area contributed by atoms with Crippen LogP contribution in [-0.2, 0) is 19.1 Å². The van der Waals surface area contributed by atoms with Crippen molar-refractivity contribution in [3.8, 4) is 0 Å². The minimum absolute atomic E-state index is 0.0566. The van der Waals surface area contributed by atoms with Gasteiger partial charge in [0.05, 0.1) is 6.42 Å². The molecule has 8 nitrogen and oxygen atoms in total. The molecule has 2 fully saturated rings. The maximum Gasteiger partial charge on any atom is 0.325 e. The Labute approximate surface area is 147 Å². The normalized spacial score (nSPS) is 25.8. The van der Waals surface area contributed by atoms with E-state index >= 15 is 0 Å². The van der Waals surface area contributed by atoms with Gasteiger partial charge in [0.1, 0.15) is 5.54 Å². The second-order valence-electron chi connectivity index (χ2n) is 7.67. The first-order valence-corrected chi connectivity index (χ1v) is 8.67. The molecular formula is C17H27N3O5. The topological polar surface area (TPSA) is 96.0 Å². The number of imide groups is 1. The number of ether oxygens (including phenoxy) is 1. The summed E-state index contributed by atoms with van der Waals surface area (Å²) in [5.74, 6) is -0.310. The van der Waals surface area contributed by atoms with E-state index in [0.717, 1.165) is 11.3 Å². The first-order valence-electron chi connectivity index (χ1n) is 8.67. The van der Waals surface area contributed by atoms with Crippen molar-refractivity contribution in [3.63, 3.8) is 0 Å². The van der Waals surface area contributed by atoms with E-state index in [0.29, 0.717) is 24.9 Å². The Bertz CT molecular complexity index is 565. The van der Waals surface area contributed by atoms with E-state index in [2.05, 4.69) is 19.2 Å². The summed E-state index contributed by atoms with van der Waals surface area (Å²) in [6.45, 7) is 8.40. The maximum atomic E-state index is 12.2. The lowest BCUT2D eigenvalue weighted by Gasteiger charge is -2.34. The van der Waals surface area contributed by atoms with E-state index in [9.17, 15) is 19.2 Å². The van der Waals surface area contributed by atoms with E-state index in [1.807, 2.05) is 0 Å². The van der Waals surface area contributed by atoms with E-state index in [-0.39, 0.29) is 31.4 Å². The third-order valence-electron chi connectivity index (χ3n) is 4.56. The summed E-state index contributed by atoms with van der Waals surface area (Å²) in [6.07, 6.45) is 0.959. The number of rotatable bonds is 5. The molecule has 0 aromatic carbocycles. The van der Waals surface area contributed by atoms with Gasteiger partial charge in [-0.1, -0.05) is 13.8 Å². The number of nitrogens with zero attached hydrogens (tertiary/aromatic N) is 2. The Morgan fingerprint density at radius 2 is 1.80 bits per heavy atom. The van der Waals surface area contributed by atoms with Gasteiger partial charge in [-0.3, -0.25) is 19.3 Å². The SMILES string of the molecule is CC1CC(C)CN(C(=O)COC(=O)CCN2C(=O)NC(C)(C)C2=O)C1. The fraction of sp³-hybridized carbons (Fsp3) is 0.765. The number of urea groups is 1. The second kappa shape index (κ2) is 7.41.